The zero-order valence-electron chi connectivity index (χ0n) is 13.4. The van der Waals surface area contributed by atoms with Crippen LogP contribution in [0.1, 0.15) is 17.5 Å². The average Bonchev–Trinajstić information content (AvgIpc) is 3.07. The number of carbonyl (C=O) groups excluding carboxylic acids is 2. The summed E-state index contributed by atoms with van der Waals surface area (Å²) >= 11 is 5.80. The number of rotatable bonds is 6. The first-order valence-electron chi connectivity index (χ1n) is 7.76. The van der Waals surface area contributed by atoms with E-state index in [0.29, 0.717) is 29.6 Å². The van der Waals surface area contributed by atoms with E-state index in [2.05, 4.69) is 10.6 Å². The molecule has 25 heavy (non-hydrogen) atoms. The van der Waals surface area contributed by atoms with Gasteiger partial charge in [-0.25, -0.2) is 0 Å². The Morgan fingerprint density at radius 1 is 0.880 bits per heavy atom. The number of hydrogen-bond donors (Lipinski definition) is 2. The second-order valence-corrected chi connectivity index (χ2v) is 5.98. The van der Waals surface area contributed by atoms with Gasteiger partial charge in [0, 0.05) is 18.1 Å². The molecule has 0 saturated heterocycles. The van der Waals surface area contributed by atoms with Crippen LogP contribution in [-0.2, 0) is 22.7 Å². The predicted octanol–water partition coefficient (Wildman–Crippen LogP) is 2.39. The van der Waals surface area contributed by atoms with Gasteiger partial charge in [0.2, 0.25) is 18.6 Å². The van der Waals surface area contributed by atoms with Crippen molar-refractivity contribution < 1.29 is 19.1 Å². The third kappa shape index (κ3) is 4.87. The molecular weight excluding hydrogens is 344 g/mol. The van der Waals surface area contributed by atoms with Gasteiger partial charge in [-0.05, 0) is 35.4 Å². The number of benzene rings is 2. The molecule has 2 amide bonds. The van der Waals surface area contributed by atoms with Gasteiger partial charge in [-0.3, -0.25) is 9.59 Å². The molecule has 130 valence electrons. The van der Waals surface area contributed by atoms with Gasteiger partial charge in [0.05, 0.1) is 0 Å². The van der Waals surface area contributed by atoms with E-state index in [-0.39, 0.29) is 25.0 Å². The molecule has 7 heteroatoms. The van der Waals surface area contributed by atoms with Crippen LogP contribution in [0.15, 0.2) is 42.5 Å². The second-order valence-electron chi connectivity index (χ2n) is 5.54. The molecule has 1 heterocycles. The van der Waals surface area contributed by atoms with E-state index in [1.807, 2.05) is 24.3 Å². The molecular formula is C18H17ClN2O4. The average molecular weight is 361 g/mol. The smallest absolute Gasteiger partial charge is 0.231 e. The molecule has 0 aliphatic carbocycles. The highest BCUT2D eigenvalue weighted by Gasteiger charge is 2.14. The van der Waals surface area contributed by atoms with Crippen molar-refractivity contribution in [3.8, 4) is 11.5 Å². The van der Waals surface area contributed by atoms with Gasteiger partial charge in [-0.1, -0.05) is 29.8 Å². The van der Waals surface area contributed by atoms with E-state index in [9.17, 15) is 9.59 Å². The maximum atomic E-state index is 11.9. The summed E-state index contributed by atoms with van der Waals surface area (Å²) in [6, 6.07) is 12.6. The van der Waals surface area contributed by atoms with Crippen LogP contribution in [0.3, 0.4) is 0 Å². The monoisotopic (exact) mass is 360 g/mol. The molecule has 0 fully saturated rings. The highest BCUT2D eigenvalue weighted by atomic mass is 35.5. The molecule has 2 aromatic carbocycles. The molecule has 6 nitrogen and oxygen atoms in total. The first-order valence-corrected chi connectivity index (χ1v) is 8.14. The Hall–Kier alpha value is -2.73. The lowest BCUT2D eigenvalue weighted by Crippen LogP contribution is -2.31. The quantitative estimate of drug-likeness (QED) is 0.775. The molecule has 0 unspecified atom stereocenters. The summed E-state index contributed by atoms with van der Waals surface area (Å²) in [5.74, 6) is 0.675. The van der Waals surface area contributed by atoms with E-state index in [4.69, 9.17) is 21.1 Å². The Morgan fingerprint density at radius 3 is 2.20 bits per heavy atom. The van der Waals surface area contributed by atoms with Crippen molar-refractivity contribution in [3.63, 3.8) is 0 Å². The van der Waals surface area contributed by atoms with Crippen LogP contribution in [0.4, 0.5) is 0 Å². The molecule has 3 rings (SSSR count). The third-order valence-electron chi connectivity index (χ3n) is 3.65. The maximum absolute atomic E-state index is 11.9. The van der Waals surface area contributed by atoms with Crippen LogP contribution in [0, 0.1) is 0 Å². The summed E-state index contributed by atoms with van der Waals surface area (Å²) in [5.41, 5.74) is 1.79. The van der Waals surface area contributed by atoms with Crippen molar-refractivity contribution in [2.45, 2.75) is 19.5 Å². The lowest BCUT2D eigenvalue weighted by molar-refractivity contribution is -0.129. The molecule has 0 spiro atoms. The summed E-state index contributed by atoms with van der Waals surface area (Å²) in [6.45, 7) is 0.879. The number of fused-ring (bicyclic) bond motifs is 1. The van der Waals surface area contributed by atoms with Gasteiger partial charge in [0.1, 0.15) is 6.42 Å². The standard InChI is InChI=1S/C18H17ClN2O4/c19-14-4-1-12(2-5-14)9-20-17(22)8-18(23)21-10-13-3-6-15-16(7-13)25-11-24-15/h1-7H,8-11H2,(H,20,22)(H,21,23). The zero-order valence-corrected chi connectivity index (χ0v) is 14.1. The third-order valence-corrected chi connectivity index (χ3v) is 3.90. The largest absolute Gasteiger partial charge is 0.454 e. The molecule has 0 radical (unpaired) electrons. The number of halogens is 1. The highest BCUT2D eigenvalue weighted by Crippen LogP contribution is 2.32. The molecule has 2 N–H and O–H groups in total. The lowest BCUT2D eigenvalue weighted by Gasteiger charge is -2.07. The number of nitrogens with one attached hydrogen (secondary N) is 2. The topological polar surface area (TPSA) is 76.7 Å². The Bertz CT molecular complexity index is 777. The van der Waals surface area contributed by atoms with Gasteiger partial charge in [-0.2, -0.15) is 0 Å². The summed E-state index contributed by atoms with van der Waals surface area (Å²) in [6.07, 6.45) is -0.224. The Morgan fingerprint density at radius 2 is 1.48 bits per heavy atom. The van der Waals surface area contributed by atoms with E-state index >= 15 is 0 Å². The van der Waals surface area contributed by atoms with Crippen LogP contribution in [0.25, 0.3) is 0 Å². The molecule has 1 aliphatic heterocycles. The molecule has 0 aromatic heterocycles. The zero-order chi connectivity index (χ0) is 17.6. The molecule has 2 aromatic rings. The molecule has 0 bridgehead atoms. The van der Waals surface area contributed by atoms with E-state index in [1.54, 1.807) is 18.2 Å². The van der Waals surface area contributed by atoms with Crippen molar-refractivity contribution >= 4 is 23.4 Å². The molecule has 0 saturated carbocycles. The van der Waals surface area contributed by atoms with Crippen molar-refractivity contribution in [2.24, 2.45) is 0 Å². The van der Waals surface area contributed by atoms with E-state index < -0.39 is 0 Å². The fourth-order valence-corrected chi connectivity index (χ4v) is 2.45. The number of amides is 2. The van der Waals surface area contributed by atoms with Crippen molar-refractivity contribution in [2.75, 3.05) is 6.79 Å². The summed E-state index contributed by atoms with van der Waals surface area (Å²) < 4.78 is 10.5. The fourth-order valence-electron chi connectivity index (χ4n) is 2.33. The van der Waals surface area contributed by atoms with Crippen molar-refractivity contribution in [1.29, 1.82) is 0 Å². The lowest BCUT2D eigenvalue weighted by atomic mass is 10.2. The van der Waals surface area contributed by atoms with Gasteiger partial charge >= 0.3 is 0 Å². The van der Waals surface area contributed by atoms with E-state index in [1.165, 1.54) is 0 Å². The number of ether oxygens (including phenoxy) is 2. The minimum atomic E-state index is -0.341. The minimum absolute atomic E-state index is 0.207. The van der Waals surface area contributed by atoms with Gasteiger partial charge < -0.3 is 20.1 Å². The Balaban J connectivity index is 1.41. The molecule has 1 aliphatic rings. The number of carbonyl (C=O) groups is 2. The van der Waals surface area contributed by atoms with Crippen LogP contribution in [-0.4, -0.2) is 18.6 Å². The Kier molecular flexibility index (Phi) is 5.40. The fraction of sp³-hybridized carbons (Fsp3) is 0.222. The SMILES string of the molecule is O=C(CC(=O)NCc1ccc2c(c1)OCO2)NCc1ccc(Cl)cc1. The van der Waals surface area contributed by atoms with Gasteiger partial charge in [-0.15, -0.1) is 0 Å². The van der Waals surface area contributed by atoms with Crippen LogP contribution in [0.5, 0.6) is 11.5 Å². The summed E-state index contributed by atoms with van der Waals surface area (Å²) in [4.78, 5) is 23.7. The van der Waals surface area contributed by atoms with Crippen molar-refractivity contribution in [3.05, 3.63) is 58.6 Å². The van der Waals surface area contributed by atoms with Gasteiger partial charge in [0.15, 0.2) is 11.5 Å². The van der Waals surface area contributed by atoms with Crippen LogP contribution in [0.2, 0.25) is 5.02 Å². The highest BCUT2D eigenvalue weighted by molar-refractivity contribution is 6.30. The second kappa shape index (κ2) is 7.90. The van der Waals surface area contributed by atoms with E-state index in [0.717, 1.165) is 11.1 Å². The summed E-state index contributed by atoms with van der Waals surface area (Å²) in [5, 5.41) is 6.05. The first kappa shape index (κ1) is 17.1. The maximum Gasteiger partial charge on any atom is 0.231 e. The Labute approximate surface area is 150 Å². The van der Waals surface area contributed by atoms with Gasteiger partial charge in [0.25, 0.3) is 0 Å². The minimum Gasteiger partial charge on any atom is -0.454 e. The molecule has 0 atom stereocenters. The summed E-state index contributed by atoms with van der Waals surface area (Å²) in [7, 11) is 0. The normalized spacial score (nSPS) is 11.9. The first-order chi connectivity index (χ1) is 12.1. The van der Waals surface area contributed by atoms with Crippen LogP contribution < -0.4 is 20.1 Å². The van der Waals surface area contributed by atoms with Crippen LogP contribution >= 0.6 is 11.6 Å². The predicted molar refractivity (Wildman–Crippen MR) is 92.3 cm³/mol. The van der Waals surface area contributed by atoms with Crippen molar-refractivity contribution in [1.82, 2.24) is 10.6 Å². The number of hydrogen-bond acceptors (Lipinski definition) is 4.